The van der Waals surface area contributed by atoms with E-state index in [1.54, 1.807) is 12.1 Å². The van der Waals surface area contributed by atoms with Crippen LogP contribution in [0.1, 0.15) is 5.56 Å². The van der Waals surface area contributed by atoms with Crippen molar-refractivity contribution in [2.45, 2.75) is 6.54 Å². The molecule has 5 nitrogen and oxygen atoms in total. The lowest BCUT2D eigenvalue weighted by Gasteiger charge is -1.97. The standard InChI is InChI=1S/C8H5IN2O3/c9-7-3-6(4-10-5-12)1-2-8(7)11(13)14/h1-3H,4H2. The zero-order valence-electron chi connectivity index (χ0n) is 6.94. The summed E-state index contributed by atoms with van der Waals surface area (Å²) in [6.07, 6.45) is 1.41. The summed E-state index contributed by atoms with van der Waals surface area (Å²) in [4.78, 5) is 23.2. The predicted molar refractivity (Wildman–Crippen MR) is 57.6 cm³/mol. The van der Waals surface area contributed by atoms with E-state index < -0.39 is 4.92 Å². The number of isocyanates is 1. The molecule has 0 aromatic heterocycles. The fourth-order valence-electron chi connectivity index (χ4n) is 0.920. The van der Waals surface area contributed by atoms with Crippen LogP contribution in [0.3, 0.4) is 0 Å². The molecule has 0 atom stereocenters. The van der Waals surface area contributed by atoms with E-state index in [4.69, 9.17) is 0 Å². The van der Waals surface area contributed by atoms with E-state index in [0.29, 0.717) is 3.57 Å². The number of benzene rings is 1. The average Bonchev–Trinajstić information content (AvgIpc) is 2.14. The number of rotatable bonds is 3. The van der Waals surface area contributed by atoms with Gasteiger partial charge in [0.25, 0.3) is 5.69 Å². The number of halogens is 1. The van der Waals surface area contributed by atoms with Crippen LogP contribution in [0.25, 0.3) is 0 Å². The second-order valence-corrected chi connectivity index (χ2v) is 3.61. The summed E-state index contributed by atoms with van der Waals surface area (Å²) in [6, 6.07) is 4.60. The normalized spacial score (nSPS) is 9.21. The van der Waals surface area contributed by atoms with Crippen molar-refractivity contribution in [3.8, 4) is 0 Å². The van der Waals surface area contributed by atoms with Crippen molar-refractivity contribution in [3.63, 3.8) is 0 Å². The molecule has 0 bridgehead atoms. The summed E-state index contributed by atoms with van der Waals surface area (Å²) >= 11 is 1.87. The summed E-state index contributed by atoms with van der Waals surface area (Å²) < 4.78 is 0.534. The minimum atomic E-state index is -0.450. The largest absolute Gasteiger partial charge is 0.282 e. The first-order valence-electron chi connectivity index (χ1n) is 3.61. The van der Waals surface area contributed by atoms with Crippen LogP contribution in [-0.4, -0.2) is 11.0 Å². The van der Waals surface area contributed by atoms with Gasteiger partial charge in [0, 0.05) is 6.07 Å². The topological polar surface area (TPSA) is 72.6 Å². The van der Waals surface area contributed by atoms with Crippen molar-refractivity contribution in [1.82, 2.24) is 0 Å². The fourth-order valence-corrected chi connectivity index (χ4v) is 1.70. The van der Waals surface area contributed by atoms with E-state index in [-0.39, 0.29) is 12.2 Å². The Morgan fingerprint density at radius 2 is 2.29 bits per heavy atom. The quantitative estimate of drug-likeness (QED) is 0.282. The molecule has 6 heteroatoms. The van der Waals surface area contributed by atoms with Crippen LogP contribution in [0, 0.1) is 13.7 Å². The van der Waals surface area contributed by atoms with Crippen molar-refractivity contribution in [2.24, 2.45) is 4.99 Å². The Morgan fingerprint density at radius 3 is 2.79 bits per heavy atom. The fraction of sp³-hybridized carbons (Fsp3) is 0.125. The van der Waals surface area contributed by atoms with E-state index in [9.17, 15) is 14.9 Å². The Morgan fingerprint density at radius 1 is 1.57 bits per heavy atom. The van der Waals surface area contributed by atoms with E-state index in [0.717, 1.165) is 5.56 Å². The molecule has 0 aliphatic rings. The Hall–Kier alpha value is -1.27. The molecule has 0 radical (unpaired) electrons. The molecule has 0 spiro atoms. The predicted octanol–water partition coefficient (Wildman–Crippen LogP) is 2.04. The second kappa shape index (κ2) is 4.83. The molecule has 0 N–H and O–H groups in total. The molecule has 0 fully saturated rings. The number of hydrogen-bond donors (Lipinski definition) is 0. The average molecular weight is 304 g/mol. The minimum absolute atomic E-state index is 0.0597. The van der Waals surface area contributed by atoms with E-state index in [1.165, 1.54) is 12.1 Å². The molecule has 72 valence electrons. The zero-order valence-corrected chi connectivity index (χ0v) is 9.09. The highest BCUT2D eigenvalue weighted by Gasteiger charge is 2.10. The summed E-state index contributed by atoms with van der Waals surface area (Å²) in [5.74, 6) is 0. The summed E-state index contributed by atoms with van der Waals surface area (Å²) in [7, 11) is 0. The van der Waals surface area contributed by atoms with Gasteiger partial charge in [-0.1, -0.05) is 6.07 Å². The highest BCUT2D eigenvalue weighted by molar-refractivity contribution is 14.1. The van der Waals surface area contributed by atoms with Crippen LogP contribution in [0.4, 0.5) is 5.69 Å². The van der Waals surface area contributed by atoms with Gasteiger partial charge in [-0.3, -0.25) is 10.1 Å². The number of nitrogens with zero attached hydrogens (tertiary/aromatic N) is 2. The summed E-state index contributed by atoms with van der Waals surface area (Å²) in [5, 5.41) is 10.5. The Balaban J connectivity index is 3.00. The maximum atomic E-state index is 10.5. The third-order valence-electron chi connectivity index (χ3n) is 1.53. The molecule has 1 aromatic rings. The van der Waals surface area contributed by atoms with Gasteiger partial charge in [0.05, 0.1) is 15.0 Å². The van der Waals surface area contributed by atoms with Crippen LogP contribution in [0.15, 0.2) is 23.2 Å². The highest BCUT2D eigenvalue weighted by atomic mass is 127. The maximum Gasteiger partial charge on any atom is 0.282 e. The van der Waals surface area contributed by atoms with Crippen LogP contribution in [-0.2, 0) is 11.3 Å². The molecule has 1 rings (SSSR count). The molecular formula is C8H5IN2O3. The van der Waals surface area contributed by atoms with Gasteiger partial charge in [-0.15, -0.1) is 0 Å². The van der Waals surface area contributed by atoms with Crippen LogP contribution in [0.2, 0.25) is 0 Å². The van der Waals surface area contributed by atoms with Crippen LogP contribution < -0.4 is 0 Å². The highest BCUT2D eigenvalue weighted by Crippen LogP contribution is 2.21. The lowest BCUT2D eigenvalue weighted by atomic mass is 10.2. The Kier molecular flexibility index (Phi) is 3.73. The van der Waals surface area contributed by atoms with Crippen LogP contribution in [0.5, 0.6) is 0 Å². The Labute approximate surface area is 93.1 Å². The van der Waals surface area contributed by atoms with Gasteiger partial charge in [0.1, 0.15) is 0 Å². The third-order valence-corrected chi connectivity index (χ3v) is 2.40. The summed E-state index contributed by atoms with van der Waals surface area (Å²) in [5.41, 5.74) is 0.813. The van der Waals surface area contributed by atoms with Gasteiger partial charge in [0.2, 0.25) is 6.08 Å². The molecule has 0 heterocycles. The zero-order chi connectivity index (χ0) is 10.6. The number of aliphatic imine (C=N–C) groups is 1. The maximum absolute atomic E-state index is 10.5. The molecule has 0 aliphatic carbocycles. The van der Waals surface area contributed by atoms with Gasteiger partial charge < -0.3 is 0 Å². The first-order chi connectivity index (χ1) is 6.65. The van der Waals surface area contributed by atoms with Crippen molar-refractivity contribution in [1.29, 1.82) is 0 Å². The van der Waals surface area contributed by atoms with Gasteiger partial charge in [0.15, 0.2) is 0 Å². The van der Waals surface area contributed by atoms with Crippen molar-refractivity contribution in [3.05, 3.63) is 37.4 Å². The third kappa shape index (κ3) is 2.61. The monoisotopic (exact) mass is 304 g/mol. The second-order valence-electron chi connectivity index (χ2n) is 2.45. The molecule has 1 aromatic carbocycles. The van der Waals surface area contributed by atoms with Crippen molar-refractivity contribution < 1.29 is 9.72 Å². The molecular weight excluding hydrogens is 299 g/mol. The minimum Gasteiger partial charge on any atom is -0.258 e. The van der Waals surface area contributed by atoms with Crippen molar-refractivity contribution >= 4 is 34.4 Å². The van der Waals surface area contributed by atoms with Gasteiger partial charge in [-0.05, 0) is 34.2 Å². The molecule has 0 unspecified atom stereocenters. The van der Waals surface area contributed by atoms with E-state index >= 15 is 0 Å². The van der Waals surface area contributed by atoms with Crippen molar-refractivity contribution in [2.75, 3.05) is 0 Å². The number of nitro groups is 1. The van der Waals surface area contributed by atoms with E-state index in [1.807, 2.05) is 22.6 Å². The summed E-state index contributed by atoms with van der Waals surface area (Å²) in [6.45, 7) is 0.206. The first kappa shape index (κ1) is 10.8. The SMILES string of the molecule is O=C=NCc1ccc([N+](=O)[O-])c(I)c1. The molecule has 0 saturated heterocycles. The molecule has 0 aliphatic heterocycles. The van der Waals surface area contributed by atoms with Crippen LogP contribution >= 0.6 is 22.6 Å². The molecule has 0 amide bonds. The van der Waals surface area contributed by atoms with Gasteiger partial charge >= 0.3 is 0 Å². The van der Waals surface area contributed by atoms with E-state index in [2.05, 4.69) is 4.99 Å². The number of nitro benzene ring substituents is 1. The lowest BCUT2D eigenvalue weighted by Crippen LogP contribution is -1.92. The first-order valence-corrected chi connectivity index (χ1v) is 4.69. The molecule has 0 saturated carbocycles. The Bertz CT molecular complexity index is 413. The van der Waals surface area contributed by atoms with Gasteiger partial charge in [-0.2, -0.15) is 0 Å². The van der Waals surface area contributed by atoms with Gasteiger partial charge in [-0.25, -0.2) is 9.79 Å². The lowest BCUT2D eigenvalue weighted by molar-refractivity contribution is -0.385. The number of carbonyl (C=O) groups excluding carboxylic acids is 1. The molecule has 14 heavy (non-hydrogen) atoms. The number of hydrogen-bond acceptors (Lipinski definition) is 4. The smallest absolute Gasteiger partial charge is 0.258 e.